The highest BCUT2D eigenvalue weighted by Gasteiger charge is 2.47. The molecule has 0 unspecified atom stereocenters. The molecule has 1 aromatic carbocycles. The van der Waals surface area contributed by atoms with Gasteiger partial charge in [-0.2, -0.15) is 13.2 Å². The number of hydrogen-bond donors (Lipinski definition) is 1. The minimum Gasteiger partial charge on any atom is -0.496 e. The number of aliphatic imine (C=N–C) groups is 1. The minimum atomic E-state index is -4.69. The van der Waals surface area contributed by atoms with Crippen molar-refractivity contribution in [2.24, 2.45) is 10.9 Å². The van der Waals surface area contributed by atoms with Crippen molar-refractivity contribution in [2.45, 2.75) is 31.5 Å². The molecule has 33 heavy (non-hydrogen) atoms. The van der Waals surface area contributed by atoms with Crippen LogP contribution in [-0.2, 0) is 12.8 Å². The number of nitrogens with one attached hydrogen (secondary N) is 1. The Morgan fingerprint density at radius 1 is 1.18 bits per heavy atom. The van der Waals surface area contributed by atoms with E-state index in [2.05, 4.69) is 15.3 Å². The van der Waals surface area contributed by atoms with Crippen LogP contribution in [0.4, 0.5) is 26.3 Å². The molecule has 0 atom stereocenters. The lowest BCUT2D eigenvalue weighted by Gasteiger charge is -2.36. The van der Waals surface area contributed by atoms with Gasteiger partial charge in [-0.15, -0.1) is 0 Å². The van der Waals surface area contributed by atoms with Crippen LogP contribution in [-0.4, -0.2) is 30.4 Å². The van der Waals surface area contributed by atoms with Gasteiger partial charge in [0.05, 0.1) is 19.2 Å². The normalized spacial score (nSPS) is 18.0. The molecule has 4 rings (SSSR count). The smallest absolute Gasteiger partial charge is 0.417 e. The molecule has 1 N–H and O–H groups in total. The molecule has 0 bridgehead atoms. The maximum Gasteiger partial charge on any atom is 0.417 e. The van der Waals surface area contributed by atoms with Crippen LogP contribution in [0.15, 0.2) is 41.7 Å². The quantitative estimate of drug-likeness (QED) is 0.588. The Morgan fingerprint density at radius 3 is 2.52 bits per heavy atom. The predicted molar refractivity (Wildman–Crippen MR) is 108 cm³/mol. The zero-order valence-electron chi connectivity index (χ0n) is 17.3. The average Bonchev–Trinajstić information content (AvgIpc) is 2.76. The Balaban J connectivity index is 1.41. The van der Waals surface area contributed by atoms with Gasteiger partial charge in [0.15, 0.2) is 0 Å². The van der Waals surface area contributed by atoms with E-state index in [0.29, 0.717) is 35.2 Å². The van der Waals surface area contributed by atoms with E-state index in [1.165, 1.54) is 7.11 Å². The van der Waals surface area contributed by atoms with Crippen molar-refractivity contribution >= 4 is 11.4 Å². The Kier molecular flexibility index (Phi) is 5.98. The summed E-state index contributed by atoms with van der Waals surface area (Å²) in [7, 11) is 1.45. The van der Waals surface area contributed by atoms with Crippen LogP contribution in [0.5, 0.6) is 11.5 Å². The van der Waals surface area contributed by atoms with Crippen LogP contribution in [0, 0.1) is 11.7 Å². The monoisotopic (exact) mass is 471 g/mol. The van der Waals surface area contributed by atoms with Crippen molar-refractivity contribution in [1.29, 1.82) is 0 Å². The summed E-state index contributed by atoms with van der Waals surface area (Å²) in [4.78, 5) is 7.87. The number of benzene rings is 1. The molecule has 0 amide bonds. The summed E-state index contributed by atoms with van der Waals surface area (Å²) >= 11 is 0. The van der Waals surface area contributed by atoms with Crippen LogP contribution in [0.25, 0.3) is 5.57 Å². The first kappa shape index (κ1) is 22.9. The summed E-state index contributed by atoms with van der Waals surface area (Å²) < 4.78 is 88.9. The van der Waals surface area contributed by atoms with Crippen molar-refractivity contribution in [3.8, 4) is 11.5 Å². The molecule has 0 saturated heterocycles. The molecule has 0 spiro atoms. The molecule has 5 nitrogen and oxygen atoms in total. The number of pyridine rings is 1. The fraction of sp³-hybridized carbons (Fsp3) is 0.364. The second-order valence-corrected chi connectivity index (χ2v) is 7.78. The number of nitrogens with zero attached hydrogens (tertiary/aromatic N) is 2. The number of aromatic nitrogens is 1. The van der Waals surface area contributed by atoms with E-state index in [9.17, 15) is 26.3 Å². The molecule has 0 radical (unpaired) electrons. The van der Waals surface area contributed by atoms with Gasteiger partial charge < -0.3 is 14.8 Å². The first-order chi connectivity index (χ1) is 15.6. The third-order valence-electron chi connectivity index (χ3n) is 5.43. The molecule has 176 valence electrons. The van der Waals surface area contributed by atoms with Gasteiger partial charge >= 0.3 is 6.18 Å². The van der Waals surface area contributed by atoms with Crippen molar-refractivity contribution < 1.29 is 35.8 Å². The minimum absolute atomic E-state index is 0.217. The lowest BCUT2D eigenvalue weighted by molar-refractivity contribution is -0.138. The second kappa shape index (κ2) is 8.60. The largest absolute Gasteiger partial charge is 0.496 e. The fourth-order valence-corrected chi connectivity index (χ4v) is 3.59. The Labute approximate surface area is 185 Å². The van der Waals surface area contributed by atoms with Gasteiger partial charge in [0, 0.05) is 48.4 Å². The van der Waals surface area contributed by atoms with E-state index in [1.807, 2.05) is 0 Å². The highest BCUT2D eigenvalue weighted by molar-refractivity contribution is 5.91. The summed E-state index contributed by atoms with van der Waals surface area (Å²) in [5.74, 6) is -2.78. The predicted octanol–water partition coefficient (Wildman–Crippen LogP) is 5.22. The van der Waals surface area contributed by atoms with Crippen LogP contribution >= 0.6 is 0 Å². The van der Waals surface area contributed by atoms with E-state index >= 15 is 0 Å². The molecule has 1 aliphatic heterocycles. The lowest BCUT2D eigenvalue weighted by Crippen LogP contribution is -2.44. The van der Waals surface area contributed by atoms with Crippen LogP contribution in [0.3, 0.4) is 0 Å². The highest BCUT2D eigenvalue weighted by Crippen LogP contribution is 2.43. The zero-order valence-corrected chi connectivity index (χ0v) is 17.3. The van der Waals surface area contributed by atoms with Crippen LogP contribution in [0.2, 0.25) is 0 Å². The van der Waals surface area contributed by atoms with E-state index in [4.69, 9.17) is 9.47 Å². The maximum atomic E-state index is 14.0. The van der Waals surface area contributed by atoms with E-state index in [1.54, 1.807) is 24.4 Å². The molecule has 11 heteroatoms. The fourth-order valence-electron chi connectivity index (χ4n) is 3.59. The number of ether oxygens (including phenoxy) is 2. The number of methoxy groups -OCH3 is 1. The summed E-state index contributed by atoms with van der Waals surface area (Å²) in [5, 5.41) is 2.98. The van der Waals surface area contributed by atoms with Gasteiger partial charge in [-0.3, -0.25) is 9.98 Å². The first-order valence-electron chi connectivity index (χ1n) is 9.96. The first-order valence-corrected chi connectivity index (χ1v) is 9.96. The SMILES string of the molecule is COc1cc(OCc2ncc(C(F)(F)F)cc2F)ccc1C1=CNC(C2CC(F)(F)C2)=NC1. The van der Waals surface area contributed by atoms with Crippen molar-refractivity contribution in [3.63, 3.8) is 0 Å². The van der Waals surface area contributed by atoms with E-state index in [-0.39, 0.29) is 37.6 Å². The number of alkyl halides is 5. The van der Waals surface area contributed by atoms with Gasteiger partial charge in [-0.1, -0.05) is 0 Å². The summed E-state index contributed by atoms with van der Waals surface area (Å²) in [6, 6.07) is 5.20. The van der Waals surface area contributed by atoms with Gasteiger partial charge in [0.1, 0.15) is 35.5 Å². The third kappa shape index (κ3) is 5.07. The van der Waals surface area contributed by atoms with Gasteiger partial charge in [0.2, 0.25) is 5.92 Å². The zero-order chi connectivity index (χ0) is 23.8. The van der Waals surface area contributed by atoms with Crippen molar-refractivity contribution in [3.05, 3.63) is 59.3 Å². The molecule has 1 fully saturated rings. The van der Waals surface area contributed by atoms with Crippen molar-refractivity contribution in [1.82, 2.24) is 10.3 Å². The van der Waals surface area contributed by atoms with Gasteiger partial charge in [0.25, 0.3) is 0 Å². The summed E-state index contributed by atoms with van der Waals surface area (Å²) in [6.45, 7) is -0.0992. The van der Waals surface area contributed by atoms with Crippen molar-refractivity contribution in [2.75, 3.05) is 13.7 Å². The number of hydrogen-bond acceptors (Lipinski definition) is 5. The molecule has 2 aliphatic rings. The lowest BCUT2D eigenvalue weighted by atomic mass is 9.80. The van der Waals surface area contributed by atoms with Gasteiger partial charge in [-0.25, -0.2) is 13.2 Å². The molecule has 2 aromatic rings. The number of amidine groups is 1. The van der Waals surface area contributed by atoms with E-state index in [0.717, 1.165) is 5.57 Å². The van der Waals surface area contributed by atoms with Crippen LogP contribution in [0.1, 0.15) is 29.7 Å². The summed E-state index contributed by atoms with van der Waals surface area (Å²) in [6.07, 6.45) is -2.88. The Morgan fingerprint density at radius 2 is 1.94 bits per heavy atom. The average molecular weight is 471 g/mol. The highest BCUT2D eigenvalue weighted by atomic mass is 19.4. The van der Waals surface area contributed by atoms with E-state index < -0.39 is 23.5 Å². The standard InChI is InChI=1S/C22H19F6N3O2/c1-32-19-5-15(33-11-18-17(23)4-14(10-29-18)22(26,27)28)2-3-16(19)13-8-30-20(31-9-13)12-6-21(24,25)7-12/h2-5,8,10,12H,6-7,9,11H2,1H3,(H,30,31). The number of rotatable bonds is 6. The number of halogens is 6. The molecule has 1 saturated carbocycles. The molecule has 1 aliphatic carbocycles. The van der Waals surface area contributed by atoms with Gasteiger partial charge in [-0.05, 0) is 18.2 Å². The van der Waals surface area contributed by atoms with Crippen LogP contribution < -0.4 is 14.8 Å². The Hall–Kier alpha value is -3.24. The summed E-state index contributed by atoms with van der Waals surface area (Å²) in [5.41, 5.74) is 0.0104. The maximum absolute atomic E-state index is 14.0. The topological polar surface area (TPSA) is 55.7 Å². The third-order valence-corrected chi connectivity index (χ3v) is 5.43. The molecule has 2 heterocycles. The second-order valence-electron chi connectivity index (χ2n) is 7.78. The molecule has 1 aromatic heterocycles. The molecular formula is C22H19F6N3O2. The Bertz CT molecular complexity index is 1110. The molecular weight excluding hydrogens is 452 g/mol.